The molecule has 0 aromatic rings. The monoisotopic (exact) mass is 198 g/mol. The van der Waals surface area contributed by atoms with Crippen molar-refractivity contribution in [3.8, 4) is 11.8 Å². The third-order valence-corrected chi connectivity index (χ3v) is 1.51. The fourth-order valence-electron chi connectivity index (χ4n) is 0.833. The summed E-state index contributed by atoms with van der Waals surface area (Å²) in [5, 5.41) is 16.6. The van der Waals surface area contributed by atoms with Gasteiger partial charge in [0.15, 0.2) is 0 Å². The van der Waals surface area contributed by atoms with Crippen LogP contribution in [-0.4, -0.2) is 22.2 Å². The number of carboxylic acids is 2. The van der Waals surface area contributed by atoms with Crippen molar-refractivity contribution in [1.82, 2.24) is 0 Å². The summed E-state index contributed by atoms with van der Waals surface area (Å²) in [7, 11) is 0. The number of unbranched alkanes of at least 4 members (excludes halogenated alkanes) is 2. The van der Waals surface area contributed by atoms with Gasteiger partial charge < -0.3 is 10.2 Å². The van der Waals surface area contributed by atoms with Crippen LogP contribution in [0, 0.1) is 11.8 Å². The molecule has 2 N–H and O–H groups in total. The number of aliphatic carboxylic acids is 2. The third-order valence-electron chi connectivity index (χ3n) is 1.51. The topological polar surface area (TPSA) is 74.6 Å². The molecular formula is C10H14O4. The Hall–Kier alpha value is -1.50. The smallest absolute Gasteiger partial charge is 0.303 e. The molecule has 0 aromatic heterocycles. The van der Waals surface area contributed by atoms with Gasteiger partial charge in [-0.25, -0.2) is 0 Å². The van der Waals surface area contributed by atoms with E-state index in [-0.39, 0.29) is 12.8 Å². The minimum atomic E-state index is -0.808. The molecule has 0 saturated heterocycles. The Kier molecular flexibility index (Phi) is 7.24. The quantitative estimate of drug-likeness (QED) is 0.501. The van der Waals surface area contributed by atoms with Crippen molar-refractivity contribution in [2.24, 2.45) is 0 Å². The second kappa shape index (κ2) is 8.11. The number of carbonyl (C=O) groups is 2. The molecule has 0 heterocycles. The predicted octanol–water partition coefficient (Wildman–Crippen LogP) is 1.50. The van der Waals surface area contributed by atoms with Gasteiger partial charge in [-0.3, -0.25) is 9.59 Å². The van der Waals surface area contributed by atoms with Gasteiger partial charge in [-0.15, -0.1) is 11.8 Å². The molecule has 4 heteroatoms. The SMILES string of the molecule is O=C(O)CCCC#CCCCC(=O)O. The van der Waals surface area contributed by atoms with E-state index in [1.165, 1.54) is 0 Å². The predicted molar refractivity (Wildman–Crippen MR) is 50.7 cm³/mol. The molecule has 0 radical (unpaired) electrons. The average molecular weight is 198 g/mol. The summed E-state index contributed by atoms with van der Waals surface area (Å²) in [6, 6.07) is 0. The summed E-state index contributed by atoms with van der Waals surface area (Å²) in [4.78, 5) is 20.2. The second-order valence-corrected chi connectivity index (χ2v) is 2.85. The summed E-state index contributed by atoms with van der Waals surface area (Å²) in [5.41, 5.74) is 0. The highest BCUT2D eigenvalue weighted by atomic mass is 16.4. The molecule has 0 unspecified atom stereocenters. The number of carboxylic acid groups (broad SMARTS) is 2. The summed E-state index contributed by atoms with van der Waals surface area (Å²) in [5.74, 6) is 4.00. The molecule has 0 aromatic carbocycles. The summed E-state index contributed by atoms with van der Waals surface area (Å²) < 4.78 is 0. The first-order valence-electron chi connectivity index (χ1n) is 4.52. The first kappa shape index (κ1) is 12.5. The zero-order valence-electron chi connectivity index (χ0n) is 7.95. The second-order valence-electron chi connectivity index (χ2n) is 2.85. The highest BCUT2D eigenvalue weighted by molar-refractivity contribution is 5.66. The molecule has 0 aliphatic heterocycles. The maximum atomic E-state index is 10.1. The van der Waals surface area contributed by atoms with Crippen molar-refractivity contribution in [3.05, 3.63) is 0 Å². The normalized spacial score (nSPS) is 8.86. The van der Waals surface area contributed by atoms with E-state index in [2.05, 4.69) is 11.8 Å². The first-order valence-corrected chi connectivity index (χ1v) is 4.52. The maximum Gasteiger partial charge on any atom is 0.303 e. The molecule has 0 rings (SSSR count). The molecule has 0 fully saturated rings. The van der Waals surface area contributed by atoms with E-state index in [4.69, 9.17) is 10.2 Å². The van der Waals surface area contributed by atoms with Crippen LogP contribution < -0.4 is 0 Å². The fraction of sp³-hybridized carbons (Fsp3) is 0.600. The Morgan fingerprint density at radius 2 is 1.21 bits per heavy atom. The Bertz CT molecular complexity index is 223. The minimum absolute atomic E-state index is 0.143. The van der Waals surface area contributed by atoms with Gasteiger partial charge in [0, 0.05) is 25.7 Å². The van der Waals surface area contributed by atoms with Crippen LogP contribution in [0.3, 0.4) is 0 Å². The number of rotatable bonds is 6. The molecule has 0 aliphatic carbocycles. The molecule has 0 saturated carbocycles. The minimum Gasteiger partial charge on any atom is -0.481 e. The van der Waals surface area contributed by atoms with Crippen LogP contribution in [0.25, 0.3) is 0 Å². The molecule has 78 valence electrons. The Labute approximate surface area is 82.9 Å². The van der Waals surface area contributed by atoms with E-state index in [9.17, 15) is 9.59 Å². The van der Waals surface area contributed by atoms with E-state index < -0.39 is 11.9 Å². The van der Waals surface area contributed by atoms with Crippen LogP contribution >= 0.6 is 0 Å². The number of hydrogen-bond donors (Lipinski definition) is 2. The lowest BCUT2D eigenvalue weighted by atomic mass is 10.2. The lowest BCUT2D eigenvalue weighted by Crippen LogP contribution is -1.93. The molecule has 0 spiro atoms. The van der Waals surface area contributed by atoms with Gasteiger partial charge in [0.1, 0.15) is 0 Å². The average Bonchev–Trinajstić information content (AvgIpc) is 2.08. The largest absolute Gasteiger partial charge is 0.481 e. The zero-order valence-corrected chi connectivity index (χ0v) is 7.95. The maximum absolute atomic E-state index is 10.1. The van der Waals surface area contributed by atoms with Gasteiger partial charge in [-0.05, 0) is 12.8 Å². The van der Waals surface area contributed by atoms with Gasteiger partial charge in [0.2, 0.25) is 0 Å². The highest BCUT2D eigenvalue weighted by Crippen LogP contribution is 1.95. The Morgan fingerprint density at radius 1 is 0.857 bits per heavy atom. The Morgan fingerprint density at radius 3 is 1.50 bits per heavy atom. The third kappa shape index (κ3) is 10.5. The molecule has 0 amide bonds. The lowest BCUT2D eigenvalue weighted by molar-refractivity contribution is -0.138. The van der Waals surface area contributed by atoms with Gasteiger partial charge >= 0.3 is 11.9 Å². The van der Waals surface area contributed by atoms with Crippen LogP contribution in [0.2, 0.25) is 0 Å². The molecule has 0 atom stereocenters. The highest BCUT2D eigenvalue weighted by Gasteiger charge is 1.94. The molecule has 4 nitrogen and oxygen atoms in total. The van der Waals surface area contributed by atoms with Crippen molar-refractivity contribution in [3.63, 3.8) is 0 Å². The molecular weight excluding hydrogens is 184 g/mol. The zero-order chi connectivity index (χ0) is 10.8. The molecule has 0 bridgehead atoms. The van der Waals surface area contributed by atoms with Crippen molar-refractivity contribution in [1.29, 1.82) is 0 Å². The van der Waals surface area contributed by atoms with Crippen molar-refractivity contribution >= 4 is 11.9 Å². The first-order chi connectivity index (χ1) is 6.63. The standard InChI is InChI=1S/C10H14O4/c11-9(12)7-5-3-1-2-4-6-8-10(13)14/h3-8H2,(H,11,12)(H,13,14). The number of hydrogen-bond acceptors (Lipinski definition) is 2. The summed E-state index contributed by atoms with van der Waals surface area (Å²) >= 11 is 0. The van der Waals surface area contributed by atoms with Crippen LogP contribution in [0.4, 0.5) is 0 Å². The van der Waals surface area contributed by atoms with Gasteiger partial charge in [-0.1, -0.05) is 0 Å². The van der Waals surface area contributed by atoms with E-state index in [0.29, 0.717) is 25.7 Å². The van der Waals surface area contributed by atoms with Crippen LogP contribution in [0.15, 0.2) is 0 Å². The van der Waals surface area contributed by atoms with E-state index in [1.807, 2.05) is 0 Å². The van der Waals surface area contributed by atoms with E-state index in [1.54, 1.807) is 0 Å². The van der Waals surface area contributed by atoms with Crippen LogP contribution in [0.5, 0.6) is 0 Å². The van der Waals surface area contributed by atoms with Crippen LogP contribution in [-0.2, 0) is 9.59 Å². The molecule has 0 aliphatic rings. The van der Waals surface area contributed by atoms with Gasteiger partial charge in [-0.2, -0.15) is 0 Å². The fourth-order valence-corrected chi connectivity index (χ4v) is 0.833. The van der Waals surface area contributed by atoms with E-state index in [0.717, 1.165) is 0 Å². The van der Waals surface area contributed by atoms with Crippen molar-refractivity contribution in [2.75, 3.05) is 0 Å². The van der Waals surface area contributed by atoms with Gasteiger partial charge in [0.25, 0.3) is 0 Å². The summed E-state index contributed by atoms with van der Waals surface area (Å²) in [6.07, 6.45) is 2.54. The lowest BCUT2D eigenvalue weighted by Gasteiger charge is -1.89. The summed E-state index contributed by atoms with van der Waals surface area (Å²) in [6.45, 7) is 0. The van der Waals surface area contributed by atoms with Crippen LogP contribution in [0.1, 0.15) is 38.5 Å². The van der Waals surface area contributed by atoms with E-state index >= 15 is 0 Å². The molecule has 14 heavy (non-hydrogen) atoms. The van der Waals surface area contributed by atoms with Crippen molar-refractivity contribution < 1.29 is 19.8 Å². The Balaban J connectivity index is 3.27. The van der Waals surface area contributed by atoms with Gasteiger partial charge in [0.05, 0.1) is 0 Å². The van der Waals surface area contributed by atoms with Crippen molar-refractivity contribution in [2.45, 2.75) is 38.5 Å².